The number of benzene rings is 2. The molecule has 1 heterocycles. The van der Waals surface area contributed by atoms with Gasteiger partial charge in [-0.2, -0.15) is 0 Å². The summed E-state index contributed by atoms with van der Waals surface area (Å²) in [5, 5.41) is 3.06. The van der Waals surface area contributed by atoms with E-state index in [4.69, 9.17) is 0 Å². The van der Waals surface area contributed by atoms with E-state index < -0.39 is 0 Å². The summed E-state index contributed by atoms with van der Waals surface area (Å²) in [7, 11) is 0. The number of nitrogens with one attached hydrogen (secondary N) is 2. The first-order chi connectivity index (χ1) is 12.2. The van der Waals surface area contributed by atoms with E-state index in [-0.39, 0.29) is 5.91 Å². The monoisotopic (exact) mass is 338 g/mol. The third kappa shape index (κ3) is 5.07. The first-order valence-corrected chi connectivity index (χ1v) is 9.17. The molecule has 2 aromatic carbocycles. The molecule has 2 N–H and O–H groups in total. The van der Waals surface area contributed by atoms with Gasteiger partial charge < -0.3 is 15.1 Å². The number of rotatable bonds is 6. The van der Waals surface area contributed by atoms with Gasteiger partial charge in [0.2, 0.25) is 0 Å². The molecule has 4 heteroatoms. The molecule has 1 saturated heterocycles. The summed E-state index contributed by atoms with van der Waals surface area (Å²) in [5.74, 6) is 0.162. The van der Waals surface area contributed by atoms with Crippen molar-refractivity contribution in [2.24, 2.45) is 0 Å². The van der Waals surface area contributed by atoms with E-state index in [9.17, 15) is 4.79 Å². The van der Waals surface area contributed by atoms with Crippen molar-refractivity contribution in [3.05, 3.63) is 65.7 Å². The van der Waals surface area contributed by atoms with Gasteiger partial charge in [-0.15, -0.1) is 0 Å². The molecule has 0 bridgehead atoms. The summed E-state index contributed by atoms with van der Waals surface area (Å²) < 4.78 is 0. The maximum Gasteiger partial charge on any atom is 0.275 e. The molecule has 0 saturated carbocycles. The molecule has 3 rings (SSSR count). The van der Waals surface area contributed by atoms with Gasteiger partial charge in [0.25, 0.3) is 5.91 Å². The summed E-state index contributed by atoms with van der Waals surface area (Å²) >= 11 is 0. The fourth-order valence-electron chi connectivity index (χ4n) is 3.44. The number of aryl methyl sites for hydroxylation is 1. The summed E-state index contributed by atoms with van der Waals surface area (Å²) in [6.07, 6.45) is 0.892. The lowest BCUT2D eigenvalue weighted by Gasteiger charge is -2.34. The second kappa shape index (κ2) is 8.67. The van der Waals surface area contributed by atoms with Gasteiger partial charge in [0.15, 0.2) is 6.54 Å². The molecule has 1 amide bonds. The van der Waals surface area contributed by atoms with Crippen LogP contribution >= 0.6 is 0 Å². The van der Waals surface area contributed by atoms with Gasteiger partial charge >= 0.3 is 0 Å². The Kier molecular flexibility index (Phi) is 6.07. The number of quaternary nitrogens is 1. The molecule has 2 aromatic rings. The van der Waals surface area contributed by atoms with Gasteiger partial charge in [0.1, 0.15) is 0 Å². The first kappa shape index (κ1) is 17.5. The predicted molar refractivity (Wildman–Crippen MR) is 102 cm³/mol. The van der Waals surface area contributed by atoms with Crippen molar-refractivity contribution in [2.75, 3.05) is 44.2 Å². The molecule has 0 aliphatic carbocycles. The van der Waals surface area contributed by atoms with E-state index in [0.717, 1.165) is 32.6 Å². The van der Waals surface area contributed by atoms with Crippen molar-refractivity contribution >= 4 is 11.6 Å². The number of hydrogen-bond donors (Lipinski definition) is 2. The topological polar surface area (TPSA) is 36.8 Å². The molecule has 0 unspecified atom stereocenters. The molecule has 1 aliphatic heterocycles. The Morgan fingerprint density at radius 3 is 2.44 bits per heavy atom. The van der Waals surface area contributed by atoms with Gasteiger partial charge in [0, 0.05) is 12.2 Å². The average molecular weight is 338 g/mol. The van der Waals surface area contributed by atoms with Crippen molar-refractivity contribution in [1.29, 1.82) is 0 Å². The van der Waals surface area contributed by atoms with Crippen LogP contribution in [0.15, 0.2) is 54.6 Å². The second-order valence-corrected chi connectivity index (χ2v) is 6.79. The Balaban J connectivity index is 1.38. The number of nitrogens with zero attached hydrogens (tertiary/aromatic N) is 1. The van der Waals surface area contributed by atoms with Crippen LogP contribution in [0.2, 0.25) is 0 Å². The maximum absolute atomic E-state index is 12.2. The predicted octanol–water partition coefficient (Wildman–Crippen LogP) is 1.06. The molecule has 0 spiro atoms. The second-order valence-electron chi connectivity index (χ2n) is 6.79. The Morgan fingerprint density at radius 2 is 1.72 bits per heavy atom. The van der Waals surface area contributed by atoms with Crippen LogP contribution in [0.3, 0.4) is 0 Å². The van der Waals surface area contributed by atoms with Gasteiger partial charge in [-0.3, -0.25) is 4.79 Å². The summed E-state index contributed by atoms with van der Waals surface area (Å²) in [4.78, 5) is 16.0. The van der Waals surface area contributed by atoms with Crippen LogP contribution < -0.4 is 15.1 Å². The smallest absolute Gasteiger partial charge is 0.275 e. The van der Waals surface area contributed by atoms with Crippen LogP contribution in [0.4, 0.5) is 5.69 Å². The summed E-state index contributed by atoms with van der Waals surface area (Å²) in [5.41, 5.74) is 3.92. The molecule has 0 radical (unpaired) electrons. The number of hydrogen-bond acceptors (Lipinski definition) is 2. The standard InChI is InChI=1S/C21H27N3O/c1-18-7-5-6-10-20(18)24-15-13-23(14-16-24)17-21(25)22-12-11-19-8-3-2-4-9-19/h2-10H,11-17H2,1H3,(H,22,25)/p+1. The zero-order valence-corrected chi connectivity index (χ0v) is 15.0. The summed E-state index contributed by atoms with van der Waals surface area (Å²) in [6.45, 7) is 7.51. The number of carbonyl (C=O) groups is 1. The van der Waals surface area contributed by atoms with Crippen LogP contribution in [0.25, 0.3) is 0 Å². The molecule has 1 fully saturated rings. The third-order valence-electron chi connectivity index (χ3n) is 4.92. The Morgan fingerprint density at radius 1 is 1.04 bits per heavy atom. The fraction of sp³-hybridized carbons (Fsp3) is 0.381. The SMILES string of the molecule is Cc1ccccc1N1CC[NH+](CC(=O)NCCc2ccccc2)CC1. The molecule has 1 aliphatic rings. The minimum atomic E-state index is 0.162. The third-order valence-corrected chi connectivity index (χ3v) is 4.92. The number of piperazine rings is 1. The van der Waals surface area contributed by atoms with Crippen molar-refractivity contribution < 1.29 is 9.69 Å². The van der Waals surface area contributed by atoms with E-state index in [1.807, 2.05) is 18.2 Å². The van der Waals surface area contributed by atoms with Gasteiger partial charge in [0.05, 0.1) is 26.2 Å². The fourth-order valence-corrected chi connectivity index (χ4v) is 3.44. The lowest BCUT2D eigenvalue weighted by atomic mass is 10.1. The zero-order valence-electron chi connectivity index (χ0n) is 15.0. The lowest BCUT2D eigenvalue weighted by Crippen LogP contribution is -3.16. The lowest BCUT2D eigenvalue weighted by molar-refractivity contribution is -0.892. The van der Waals surface area contributed by atoms with Crippen molar-refractivity contribution in [3.63, 3.8) is 0 Å². The van der Waals surface area contributed by atoms with E-state index in [0.29, 0.717) is 13.1 Å². The van der Waals surface area contributed by atoms with Crippen molar-refractivity contribution in [1.82, 2.24) is 5.32 Å². The zero-order chi connectivity index (χ0) is 17.5. The van der Waals surface area contributed by atoms with Crippen molar-refractivity contribution in [3.8, 4) is 0 Å². The largest absolute Gasteiger partial charge is 0.360 e. The molecule has 4 nitrogen and oxygen atoms in total. The highest BCUT2D eigenvalue weighted by Gasteiger charge is 2.22. The van der Waals surface area contributed by atoms with Gasteiger partial charge in [-0.05, 0) is 30.5 Å². The van der Waals surface area contributed by atoms with E-state index in [2.05, 4.69) is 53.5 Å². The minimum Gasteiger partial charge on any atom is -0.360 e. The first-order valence-electron chi connectivity index (χ1n) is 9.17. The molecular formula is C21H28N3O+. The Labute approximate surface area is 150 Å². The minimum absolute atomic E-state index is 0.162. The molecule has 132 valence electrons. The number of anilines is 1. The number of carbonyl (C=O) groups excluding carboxylic acids is 1. The quantitative estimate of drug-likeness (QED) is 0.826. The average Bonchev–Trinajstić information content (AvgIpc) is 2.64. The Bertz CT molecular complexity index is 679. The van der Waals surface area contributed by atoms with Crippen LogP contribution in [-0.2, 0) is 11.2 Å². The van der Waals surface area contributed by atoms with Crippen LogP contribution in [0, 0.1) is 6.92 Å². The number of amides is 1. The van der Waals surface area contributed by atoms with Crippen LogP contribution in [0.5, 0.6) is 0 Å². The molecular weight excluding hydrogens is 310 g/mol. The molecule has 25 heavy (non-hydrogen) atoms. The van der Waals surface area contributed by atoms with Crippen LogP contribution in [0.1, 0.15) is 11.1 Å². The van der Waals surface area contributed by atoms with Gasteiger partial charge in [-0.1, -0.05) is 48.5 Å². The molecule has 0 aromatic heterocycles. The molecule has 0 atom stereocenters. The van der Waals surface area contributed by atoms with E-state index in [1.165, 1.54) is 21.7 Å². The van der Waals surface area contributed by atoms with Crippen molar-refractivity contribution in [2.45, 2.75) is 13.3 Å². The van der Waals surface area contributed by atoms with Crippen LogP contribution in [-0.4, -0.2) is 45.2 Å². The summed E-state index contributed by atoms with van der Waals surface area (Å²) in [6, 6.07) is 18.8. The maximum atomic E-state index is 12.2. The highest BCUT2D eigenvalue weighted by molar-refractivity contribution is 5.76. The highest BCUT2D eigenvalue weighted by atomic mass is 16.2. The number of para-hydroxylation sites is 1. The van der Waals surface area contributed by atoms with E-state index >= 15 is 0 Å². The normalized spacial score (nSPS) is 15.2. The van der Waals surface area contributed by atoms with Gasteiger partial charge in [-0.25, -0.2) is 0 Å². The Hall–Kier alpha value is -2.33. The highest BCUT2D eigenvalue weighted by Crippen LogP contribution is 2.18. The van der Waals surface area contributed by atoms with E-state index in [1.54, 1.807) is 0 Å².